The third-order valence-corrected chi connectivity index (χ3v) is 2.30. The zero-order chi connectivity index (χ0) is 9.56. The Labute approximate surface area is 80.1 Å². The van der Waals surface area contributed by atoms with Gasteiger partial charge in [0.05, 0.1) is 11.9 Å². The minimum Gasteiger partial charge on any atom is -0.465 e. The van der Waals surface area contributed by atoms with Crippen LogP contribution in [-0.2, 0) is 9.53 Å². The lowest BCUT2D eigenvalue weighted by atomic mass is 10.0. The molecular weight excluding hydrogens is 172 g/mol. The first kappa shape index (κ1) is 11.8. The van der Waals surface area contributed by atoms with E-state index in [0.717, 1.165) is 12.8 Å². The van der Waals surface area contributed by atoms with Gasteiger partial charge in [0.15, 0.2) is 0 Å². The normalized spacial score (nSPS) is 15.3. The Kier molecular flexibility index (Phi) is 6.25. The predicted octanol–water partition coefficient (Wildman–Crippen LogP) is 2.28. The van der Waals surface area contributed by atoms with Crippen LogP contribution in [0, 0.1) is 5.92 Å². The number of carbonyl (C=O) groups is 1. The minimum atomic E-state index is -0.250. The minimum absolute atomic E-state index is 0.193. The number of hydrogen-bond acceptors (Lipinski definition) is 3. The van der Waals surface area contributed by atoms with Crippen molar-refractivity contribution in [1.82, 2.24) is 0 Å². The summed E-state index contributed by atoms with van der Waals surface area (Å²) in [6.45, 7) is 6.47. The molecule has 0 bridgehead atoms. The van der Waals surface area contributed by atoms with Gasteiger partial charge in [0.2, 0.25) is 0 Å². The molecule has 0 aliphatic rings. The van der Waals surface area contributed by atoms with Gasteiger partial charge in [0.1, 0.15) is 0 Å². The standard InChI is InChI=1S/C9H18O2S/c1-4-7(3)6-8(12)9(10)11-5-2/h7-8,12H,4-6H2,1-3H3. The molecule has 0 rings (SSSR count). The summed E-state index contributed by atoms with van der Waals surface area (Å²) in [5, 5.41) is -0.250. The fraction of sp³-hybridized carbons (Fsp3) is 0.889. The van der Waals surface area contributed by atoms with Crippen molar-refractivity contribution in [2.45, 2.75) is 38.9 Å². The van der Waals surface area contributed by atoms with E-state index in [-0.39, 0.29) is 11.2 Å². The highest BCUT2D eigenvalue weighted by atomic mass is 32.1. The fourth-order valence-corrected chi connectivity index (χ4v) is 1.32. The molecule has 0 radical (unpaired) electrons. The Bertz CT molecular complexity index is 136. The van der Waals surface area contributed by atoms with E-state index in [1.807, 2.05) is 6.92 Å². The van der Waals surface area contributed by atoms with Gasteiger partial charge in [0.25, 0.3) is 0 Å². The van der Waals surface area contributed by atoms with Crippen LogP contribution < -0.4 is 0 Å². The quantitative estimate of drug-likeness (QED) is 0.532. The summed E-state index contributed by atoms with van der Waals surface area (Å²) in [4.78, 5) is 11.1. The number of carbonyl (C=O) groups excluding carboxylic acids is 1. The predicted molar refractivity (Wildman–Crippen MR) is 53.5 cm³/mol. The van der Waals surface area contributed by atoms with Crippen LogP contribution in [0.5, 0.6) is 0 Å². The molecule has 2 nitrogen and oxygen atoms in total. The molecule has 0 fully saturated rings. The van der Waals surface area contributed by atoms with Crippen LogP contribution >= 0.6 is 12.6 Å². The molecule has 0 spiro atoms. The van der Waals surface area contributed by atoms with E-state index in [2.05, 4.69) is 26.5 Å². The first-order valence-electron chi connectivity index (χ1n) is 4.46. The van der Waals surface area contributed by atoms with Gasteiger partial charge in [-0.3, -0.25) is 4.79 Å². The highest BCUT2D eigenvalue weighted by molar-refractivity contribution is 7.81. The average molecular weight is 190 g/mol. The average Bonchev–Trinajstić information content (AvgIpc) is 2.04. The number of hydrogen-bond donors (Lipinski definition) is 1. The van der Waals surface area contributed by atoms with Crippen LogP contribution in [0.25, 0.3) is 0 Å². The maximum absolute atomic E-state index is 11.1. The van der Waals surface area contributed by atoms with Crippen molar-refractivity contribution in [3.05, 3.63) is 0 Å². The monoisotopic (exact) mass is 190 g/mol. The SMILES string of the molecule is CCOC(=O)C(S)CC(C)CC. The molecule has 72 valence electrons. The summed E-state index contributed by atoms with van der Waals surface area (Å²) >= 11 is 4.18. The topological polar surface area (TPSA) is 26.3 Å². The lowest BCUT2D eigenvalue weighted by Gasteiger charge is -2.13. The molecule has 0 aliphatic heterocycles. The van der Waals surface area contributed by atoms with Crippen LogP contribution in [0.4, 0.5) is 0 Å². The third-order valence-electron chi connectivity index (χ3n) is 1.88. The molecule has 2 atom stereocenters. The molecule has 0 aromatic carbocycles. The lowest BCUT2D eigenvalue weighted by molar-refractivity contribution is -0.142. The summed E-state index contributed by atoms with van der Waals surface area (Å²) in [5.41, 5.74) is 0. The molecule has 2 unspecified atom stereocenters. The zero-order valence-corrected chi connectivity index (χ0v) is 8.93. The van der Waals surface area contributed by atoms with E-state index in [4.69, 9.17) is 4.74 Å². The molecule has 0 aromatic heterocycles. The van der Waals surface area contributed by atoms with Crippen molar-refractivity contribution in [3.8, 4) is 0 Å². The molecule has 0 N–H and O–H groups in total. The van der Waals surface area contributed by atoms with Crippen molar-refractivity contribution < 1.29 is 9.53 Å². The smallest absolute Gasteiger partial charge is 0.318 e. The molecular formula is C9H18O2S. The van der Waals surface area contributed by atoms with Gasteiger partial charge < -0.3 is 4.74 Å². The largest absolute Gasteiger partial charge is 0.465 e. The van der Waals surface area contributed by atoms with E-state index in [0.29, 0.717) is 12.5 Å². The highest BCUT2D eigenvalue weighted by Crippen LogP contribution is 2.14. The number of thiol groups is 1. The van der Waals surface area contributed by atoms with Crippen LogP contribution in [-0.4, -0.2) is 17.8 Å². The molecule has 0 saturated carbocycles. The number of esters is 1. The molecule has 0 amide bonds. The summed E-state index contributed by atoms with van der Waals surface area (Å²) in [6.07, 6.45) is 1.88. The van der Waals surface area contributed by atoms with Gasteiger partial charge in [-0.1, -0.05) is 20.3 Å². The van der Waals surface area contributed by atoms with Gasteiger partial charge in [-0.2, -0.15) is 12.6 Å². The van der Waals surface area contributed by atoms with Crippen LogP contribution in [0.15, 0.2) is 0 Å². The maximum Gasteiger partial charge on any atom is 0.318 e. The number of rotatable bonds is 5. The fourth-order valence-electron chi connectivity index (χ4n) is 0.882. The molecule has 0 aromatic rings. The highest BCUT2D eigenvalue weighted by Gasteiger charge is 2.16. The first-order chi connectivity index (χ1) is 5.61. The van der Waals surface area contributed by atoms with Gasteiger partial charge in [0, 0.05) is 0 Å². The Morgan fingerprint density at radius 1 is 1.50 bits per heavy atom. The lowest BCUT2D eigenvalue weighted by Crippen LogP contribution is -2.20. The first-order valence-corrected chi connectivity index (χ1v) is 4.98. The molecule has 12 heavy (non-hydrogen) atoms. The third kappa shape index (κ3) is 4.65. The van der Waals surface area contributed by atoms with Gasteiger partial charge >= 0.3 is 5.97 Å². The Hall–Kier alpha value is -0.180. The van der Waals surface area contributed by atoms with E-state index in [1.54, 1.807) is 0 Å². The molecule has 0 saturated heterocycles. The number of ether oxygens (including phenoxy) is 1. The van der Waals surface area contributed by atoms with Crippen molar-refractivity contribution in [2.24, 2.45) is 5.92 Å². The van der Waals surface area contributed by atoms with Crippen LogP contribution in [0.2, 0.25) is 0 Å². The second kappa shape index (κ2) is 6.35. The van der Waals surface area contributed by atoms with Crippen molar-refractivity contribution in [2.75, 3.05) is 6.61 Å². The summed E-state index contributed by atoms with van der Waals surface area (Å²) in [6, 6.07) is 0. The second-order valence-corrected chi connectivity index (χ2v) is 3.64. The second-order valence-electron chi connectivity index (χ2n) is 3.02. The molecule has 3 heteroatoms. The maximum atomic E-state index is 11.1. The van der Waals surface area contributed by atoms with Crippen LogP contribution in [0.3, 0.4) is 0 Å². The summed E-state index contributed by atoms with van der Waals surface area (Å²) in [5.74, 6) is 0.345. The van der Waals surface area contributed by atoms with Gasteiger partial charge in [-0.05, 0) is 19.3 Å². The van der Waals surface area contributed by atoms with Gasteiger partial charge in [-0.15, -0.1) is 0 Å². The Balaban J connectivity index is 3.70. The summed E-state index contributed by atoms with van der Waals surface area (Å²) in [7, 11) is 0. The van der Waals surface area contributed by atoms with E-state index in [9.17, 15) is 4.79 Å². The van der Waals surface area contributed by atoms with Crippen molar-refractivity contribution >= 4 is 18.6 Å². The van der Waals surface area contributed by atoms with Gasteiger partial charge in [-0.25, -0.2) is 0 Å². The Morgan fingerprint density at radius 2 is 2.08 bits per heavy atom. The molecule has 0 heterocycles. The van der Waals surface area contributed by atoms with Crippen molar-refractivity contribution in [3.63, 3.8) is 0 Å². The van der Waals surface area contributed by atoms with Crippen LogP contribution in [0.1, 0.15) is 33.6 Å². The van der Waals surface area contributed by atoms with E-state index in [1.165, 1.54) is 0 Å². The zero-order valence-electron chi connectivity index (χ0n) is 8.04. The van der Waals surface area contributed by atoms with E-state index >= 15 is 0 Å². The Morgan fingerprint density at radius 3 is 2.50 bits per heavy atom. The summed E-state index contributed by atoms with van der Waals surface area (Å²) < 4.78 is 4.83. The van der Waals surface area contributed by atoms with Crippen molar-refractivity contribution in [1.29, 1.82) is 0 Å². The van der Waals surface area contributed by atoms with E-state index < -0.39 is 0 Å². The molecule has 0 aliphatic carbocycles.